The molecule has 0 aromatic heterocycles. The van der Waals surface area contributed by atoms with Gasteiger partial charge in [-0.2, -0.15) is 0 Å². The first-order chi connectivity index (χ1) is 14.4. The molecule has 4 rings (SSSR count). The maximum Gasteiger partial charge on any atom is 0.573 e. The van der Waals surface area contributed by atoms with E-state index in [1.54, 1.807) is 17.7 Å². The summed E-state index contributed by atoms with van der Waals surface area (Å²) in [7, 11) is 0. The van der Waals surface area contributed by atoms with E-state index in [1.807, 2.05) is 0 Å². The Morgan fingerprint density at radius 3 is 2.27 bits per heavy atom. The highest BCUT2D eigenvalue weighted by Crippen LogP contribution is 2.39. The number of allylic oxidation sites excluding steroid dienone is 2. The molecule has 0 fully saturated rings. The number of halogens is 3. The molecule has 2 aromatic rings. The van der Waals surface area contributed by atoms with Gasteiger partial charge in [-0.05, 0) is 96.7 Å². The summed E-state index contributed by atoms with van der Waals surface area (Å²) in [6.45, 7) is 2.21. The third-order valence-corrected chi connectivity index (χ3v) is 6.53. The van der Waals surface area contributed by atoms with E-state index in [0.29, 0.717) is 11.8 Å². The Morgan fingerprint density at radius 1 is 0.933 bits per heavy atom. The summed E-state index contributed by atoms with van der Waals surface area (Å²) < 4.78 is 41.1. The lowest BCUT2D eigenvalue weighted by Crippen LogP contribution is -2.20. The van der Waals surface area contributed by atoms with Crippen molar-refractivity contribution >= 4 is 0 Å². The third kappa shape index (κ3) is 4.91. The second-order valence-corrected chi connectivity index (χ2v) is 8.62. The molecule has 0 heterocycles. The Hall–Kier alpha value is -2.23. The van der Waals surface area contributed by atoms with Crippen molar-refractivity contribution in [1.82, 2.24) is 0 Å². The summed E-state index contributed by atoms with van der Waals surface area (Å²) in [5.41, 5.74) is 7.13. The SMILES string of the molecule is CCC/C=C/C1CCc2c(ccc3c2CCC(c2ccc(OC(F)(F)F)cc2)C3)C1. The molecule has 0 radical (unpaired) electrons. The van der Waals surface area contributed by atoms with Crippen LogP contribution in [0, 0.1) is 5.92 Å². The molecule has 0 N–H and O–H groups in total. The van der Waals surface area contributed by atoms with E-state index in [9.17, 15) is 13.2 Å². The Morgan fingerprint density at radius 2 is 1.60 bits per heavy atom. The summed E-state index contributed by atoms with van der Waals surface area (Å²) in [5.74, 6) is 0.860. The molecule has 2 aliphatic carbocycles. The maximum absolute atomic E-state index is 12.4. The van der Waals surface area contributed by atoms with Gasteiger partial charge in [-0.3, -0.25) is 0 Å². The highest BCUT2D eigenvalue weighted by Gasteiger charge is 2.31. The monoisotopic (exact) mass is 414 g/mol. The molecule has 0 bridgehead atoms. The molecule has 1 nitrogen and oxygen atoms in total. The Bertz CT molecular complexity index is 896. The van der Waals surface area contributed by atoms with Crippen LogP contribution >= 0.6 is 0 Å². The topological polar surface area (TPSA) is 9.23 Å². The van der Waals surface area contributed by atoms with Crippen molar-refractivity contribution in [2.24, 2.45) is 5.92 Å². The van der Waals surface area contributed by atoms with E-state index >= 15 is 0 Å². The molecule has 2 aliphatic rings. The highest BCUT2D eigenvalue weighted by atomic mass is 19.4. The summed E-state index contributed by atoms with van der Waals surface area (Å²) in [4.78, 5) is 0. The van der Waals surface area contributed by atoms with Gasteiger partial charge in [0.05, 0.1) is 0 Å². The minimum absolute atomic E-state index is 0.154. The van der Waals surface area contributed by atoms with Crippen molar-refractivity contribution in [3.8, 4) is 5.75 Å². The number of fused-ring (bicyclic) bond motifs is 3. The van der Waals surface area contributed by atoms with Crippen molar-refractivity contribution < 1.29 is 17.9 Å². The second kappa shape index (κ2) is 8.87. The molecule has 2 aromatic carbocycles. The van der Waals surface area contributed by atoms with Gasteiger partial charge in [0.25, 0.3) is 0 Å². The molecule has 0 saturated heterocycles. The van der Waals surface area contributed by atoms with Crippen molar-refractivity contribution in [2.45, 2.75) is 70.6 Å². The number of benzene rings is 2. The van der Waals surface area contributed by atoms with Gasteiger partial charge in [-0.25, -0.2) is 0 Å². The largest absolute Gasteiger partial charge is 0.573 e. The maximum atomic E-state index is 12.4. The molecule has 2 atom stereocenters. The summed E-state index contributed by atoms with van der Waals surface area (Å²) >= 11 is 0. The number of ether oxygens (including phenoxy) is 1. The van der Waals surface area contributed by atoms with Crippen LogP contribution in [-0.4, -0.2) is 6.36 Å². The lowest BCUT2D eigenvalue weighted by Gasteiger charge is -2.31. The van der Waals surface area contributed by atoms with Crippen LogP contribution in [0.15, 0.2) is 48.6 Å². The van der Waals surface area contributed by atoms with E-state index < -0.39 is 6.36 Å². The second-order valence-electron chi connectivity index (χ2n) is 8.62. The molecule has 0 amide bonds. The molecule has 160 valence electrons. The zero-order valence-corrected chi connectivity index (χ0v) is 17.5. The van der Waals surface area contributed by atoms with Gasteiger partial charge in [0, 0.05) is 0 Å². The lowest BCUT2D eigenvalue weighted by molar-refractivity contribution is -0.274. The van der Waals surface area contributed by atoms with Crippen LogP contribution in [-0.2, 0) is 25.7 Å². The summed E-state index contributed by atoms with van der Waals surface area (Å²) in [6.07, 6.45) is 9.07. The number of alkyl halides is 3. The number of hydrogen-bond acceptors (Lipinski definition) is 1. The van der Waals surface area contributed by atoms with Crippen molar-refractivity contribution in [1.29, 1.82) is 0 Å². The average Bonchev–Trinajstić information content (AvgIpc) is 2.73. The van der Waals surface area contributed by atoms with Gasteiger partial charge in [-0.1, -0.05) is 49.8 Å². The fourth-order valence-corrected chi connectivity index (χ4v) is 5.04. The summed E-state index contributed by atoms with van der Waals surface area (Å²) in [6, 6.07) is 11.0. The first-order valence-electron chi connectivity index (χ1n) is 11.1. The Balaban J connectivity index is 1.45. The first-order valence-corrected chi connectivity index (χ1v) is 11.1. The first kappa shape index (κ1) is 21.0. The van der Waals surface area contributed by atoms with Gasteiger partial charge in [0.15, 0.2) is 0 Å². The smallest absolute Gasteiger partial charge is 0.406 e. The lowest BCUT2D eigenvalue weighted by atomic mass is 9.74. The Kier molecular flexibility index (Phi) is 6.21. The van der Waals surface area contributed by atoms with Crippen LogP contribution < -0.4 is 4.74 Å². The van der Waals surface area contributed by atoms with Crippen LogP contribution in [0.1, 0.15) is 66.3 Å². The Labute approximate surface area is 177 Å². The number of unbranched alkanes of at least 4 members (excludes halogenated alkanes) is 1. The van der Waals surface area contributed by atoms with Crippen LogP contribution in [0.2, 0.25) is 0 Å². The molecule has 0 saturated carbocycles. The van der Waals surface area contributed by atoms with Crippen molar-refractivity contribution in [3.63, 3.8) is 0 Å². The van der Waals surface area contributed by atoms with Gasteiger partial charge in [-0.15, -0.1) is 13.2 Å². The number of hydrogen-bond donors (Lipinski definition) is 0. The molecule has 4 heteroatoms. The molecule has 0 spiro atoms. The highest BCUT2D eigenvalue weighted by molar-refractivity contribution is 5.46. The van der Waals surface area contributed by atoms with Crippen LogP contribution in [0.25, 0.3) is 0 Å². The molecule has 0 aliphatic heterocycles. The van der Waals surface area contributed by atoms with Crippen LogP contribution in [0.4, 0.5) is 13.2 Å². The minimum Gasteiger partial charge on any atom is -0.406 e. The van der Waals surface area contributed by atoms with E-state index in [1.165, 1.54) is 41.7 Å². The van der Waals surface area contributed by atoms with Gasteiger partial charge in [0.1, 0.15) is 5.75 Å². The zero-order chi connectivity index (χ0) is 21.1. The van der Waals surface area contributed by atoms with Gasteiger partial charge in [0.2, 0.25) is 0 Å². The fourth-order valence-electron chi connectivity index (χ4n) is 5.04. The minimum atomic E-state index is -4.64. The average molecular weight is 415 g/mol. The standard InChI is InChI=1S/C26H29F3O/c1-2-3-4-5-18-6-14-24-21(16-18)7-8-22-17-20(11-15-25(22)24)19-9-12-23(13-10-19)30-26(27,28)29/h4-5,7-10,12-13,18,20H,2-3,6,11,14-17H2,1H3/b5-4+. The van der Waals surface area contributed by atoms with E-state index in [0.717, 1.165) is 44.1 Å². The summed E-state index contributed by atoms with van der Waals surface area (Å²) in [5, 5.41) is 0. The normalized spacial score (nSPS) is 21.3. The molecule has 2 unspecified atom stereocenters. The van der Waals surface area contributed by atoms with Gasteiger partial charge >= 0.3 is 6.36 Å². The van der Waals surface area contributed by atoms with Crippen LogP contribution in [0.3, 0.4) is 0 Å². The van der Waals surface area contributed by atoms with Gasteiger partial charge < -0.3 is 4.74 Å². The van der Waals surface area contributed by atoms with Crippen LogP contribution in [0.5, 0.6) is 5.75 Å². The fraction of sp³-hybridized carbons (Fsp3) is 0.462. The zero-order valence-electron chi connectivity index (χ0n) is 17.5. The number of rotatable bonds is 5. The molecular weight excluding hydrogens is 385 g/mol. The van der Waals surface area contributed by atoms with Crippen molar-refractivity contribution in [2.75, 3.05) is 0 Å². The predicted octanol–water partition coefficient (Wildman–Crippen LogP) is 7.32. The van der Waals surface area contributed by atoms with E-state index in [4.69, 9.17) is 0 Å². The molecular formula is C26H29F3O. The predicted molar refractivity (Wildman–Crippen MR) is 114 cm³/mol. The van der Waals surface area contributed by atoms with Crippen molar-refractivity contribution in [3.05, 3.63) is 76.4 Å². The molecule has 30 heavy (non-hydrogen) atoms. The third-order valence-electron chi connectivity index (χ3n) is 6.53. The van der Waals surface area contributed by atoms with E-state index in [2.05, 4.69) is 35.9 Å². The quantitative estimate of drug-likeness (QED) is 0.466. The van der Waals surface area contributed by atoms with E-state index in [-0.39, 0.29) is 5.75 Å².